The first-order valence-corrected chi connectivity index (χ1v) is 15.4. The van der Waals surface area contributed by atoms with Crippen LogP contribution in [0.3, 0.4) is 0 Å². The van der Waals surface area contributed by atoms with Crippen molar-refractivity contribution >= 4 is 35.3 Å². The SMILES string of the molecule is CC=C1C=C(Oc2ccc(N=C(N)c3nc4c(cc3OC#N)SCC(C)CN4CCCCC)c(F)c2C)C=CN1/N=C\C. The molecule has 0 fully saturated rings. The number of thioether (sulfide) groups is 1. The lowest BCUT2D eigenvalue weighted by Crippen LogP contribution is -2.31. The van der Waals surface area contributed by atoms with Crippen LogP contribution in [0.25, 0.3) is 0 Å². The molecule has 1 atom stereocenters. The van der Waals surface area contributed by atoms with Gasteiger partial charge in [0.25, 0.3) is 6.26 Å². The van der Waals surface area contributed by atoms with E-state index in [2.05, 4.69) is 28.8 Å². The van der Waals surface area contributed by atoms with Crippen LogP contribution in [0.15, 0.2) is 69.1 Å². The molecule has 1 aromatic heterocycles. The minimum Gasteiger partial charge on any atom is -0.457 e. The van der Waals surface area contributed by atoms with Crippen LogP contribution in [0.2, 0.25) is 0 Å². The van der Waals surface area contributed by atoms with Gasteiger partial charge in [0.2, 0.25) is 0 Å². The third-order valence-corrected chi connectivity index (χ3v) is 8.32. The van der Waals surface area contributed by atoms with Gasteiger partial charge in [0.1, 0.15) is 23.0 Å². The van der Waals surface area contributed by atoms with Crippen molar-refractivity contribution in [2.75, 3.05) is 23.7 Å². The first-order chi connectivity index (χ1) is 20.8. The molecule has 0 radical (unpaired) electrons. The molecule has 2 N–H and O–H groups in total. The van der Waals surface area contributed by atoms with E-state index >= 15 is 4.39 Å². The van der Waals surface area contributed by atoms with Gasteiger partial charge in [0, 0.05) is 49.0 Å². The van der Waals surface area contributed by atoms with E-state index in [1.165, 1.54) is 6.07 Å². The number of hydrazone groups is 1. The highest BCUT2D eigenvalue weighted by Crippen LogP contribution is 2.38. The molecule has 0 saturated carbocycles. The molecule has 1 unspecified atom stereocenters. The van der Waals surface area contributed by atoms with E-state index in [0.29, 0.717) is 17.4 Å². The van der Waals surface area contributed by atoms with Crippen molar-refractivity contribution in [2.45, 2.75) is 58.8 Å². The molecule has 226 valence electrons. The summed E-state index contributed by atoms with van der Waals surface area (Å²) >= 11 is 1.68. The van der Waals surface area contributed by atoms with E-state index in [1.807, 2.05) is 26.0 Å². The molecule has 9 nitrogen and oxygen atoms in total. The molecule has 0 bridgehead atoms. The molecule has 43 heavy (non-hydrogen) atoms. The van der Waals surface area contributed by atoms with Crippen LogP contribution in [-0.4, -0.2) is 40.9 Å². The summed E-state index contributed by atoms with van der Waals surface area (Å²) in [6.45, 7) is 11.5. The normalized spacial score (nSPS) is 18.0. The first-order valence-electron chi connectivity index (χ1n) is 14.4. The second kappa shape index (κ2) is 14.7. The fraction of sp³-hybridized carbons (Fsp3) is 0.375. The number of hydrogen-bond acceptors (Lipinski definition) is 9. The number of amidine groups is 1. The molecule has 0 amide bonds. The molecule has 2 aliphatic rings. The van der Waals surface area contributed by atoms with Gasteiger partial charge in [-0.3, -0.25) is 0 Å². The number of nitriles is 1. The highest BCUT2D eigenvalue weighted by Gasteiger charge is 2.25. The van der Waals surface area contributed by atoms with Crippen molar-refractivity contribution < 1.29 is 13.9 Å². The number of hydrogen-bond donors (Lipinski definition) is 1. The number of rotatable bonds is 10. The Kier molecular flexibility index (Phi) is 10.8. The predicted molar refractivity (Wildman–Crippen MR) is 171 cm³/mol. The highest BCUT2D eigenvalue weighted by molar-refractivity contribution is 7.99. The third kappa shape index (κ3) is 7.56. The fourth-order valence-electron chi connectivity index (χ4n) is 4.77. The zero-order valence-electron chi connectivity index (χ0n) is 25.3. The quantitative estimate of drug-likeness (QED) is 0.132. The lowest BCUT2D eigenvalue weighted by molar-refractivity contribution is 0.417. The average Bonchev–Trinajstić information content (AvgIpc) is 3.15. The molecular formula is C32H38FN7O2S. The number of aliphatic imine (C=N–C) groups is 1. The van der Waals surface area contributed by atoms with Crippen LogP contribution in [0, 0.1) is 30.2 Å². The number of benzene rings is 1. The molecule has 11 heteroatoms. The average molecular weight is 604 g/mol. The molecule has 2 aliphatic heterocycles. The van der Waals surface area contributed by atoms with Crippen LogP contribution < -0.4 is 20.1 Å². The number of allylic oxidation sites excluding steroid dienone is 3. The Morgan fingerprint density at radius 2 is 2.12 bits per heavy atom. The number of nitrogens with zero attached hydrogens (tertiary/aromatic N) is 6. The van der Waals surface area contributed by atoms with Gasteiger partial charge >= 0.3 is 0 Å². The number of unbranched alkanes of at least 4 members (excludes halogenated alkanes) is 2. The summed E-state index contributed by atoms with van der Waals surface area (Å²) in [4.78, 5) is 12.4. The molecule has 4 rings (SSSR count). The molecule has 0 spiro atoms. The maximum Gasteiger partial charge on any atom is 0.292 e. The number of nitrogens with two attached hydrogens (primary N) is 1. The van der Waals surface area contributed by atoms with Crippen LogP contribution >= 0.6 is 11.8 Å². The Morgan fingerprint density at radius 1 is 1.30 bits per heavy atom. The van der Waals surface area contributed by atoms with E-state index in [9.17, 15) is 5.26 Å². The number of aromatic nitrogens is 1. The summed E-state index contributed by atoms with van der Waals surface area (Å²) in [6, 6.07) is 4.94. The standard InChI is InChI=1S/C32H38FN7O2S/c1-6-9-10-14-39-18-21(4)19-43-28-17-27(41-20-34)30(38-32(28)39)31(35)37-25-11-12-26(22(5)29(25)33)42-24-13-15-40(36-8-3)23(7-2)16-24/h7-8,11-13,15-17,21H,6,9-10,14,18-19H2,1-5H3,(H2,35,37)/b23-7?,36-8-. The smallest absolute Gasteiger partial charge is 0.292 e. The largest absolute Gasteiger partial charge is 0.457 e. The summed E-state index contributed by atoms with van der Waals surface area (Å²) < 4.78 is 26.9. The monoisotopic (exact) mass is 603 g/mol. The minimum absolute atomic E-state index is 0.0237. The maximum atomic E-state index is 15.6. The summed E-state index contributed by atoms with van der Waals surface area (Å²) in [5.74, 6) is 2.59. The van der Waals surface area contributed by atoms with E-state index in [4.69, 9.17) is 20.2 Å². The van der Waals surface area contributed by atoms with Crippen LogP contribution in [-0.2, 0) is 0 Å². The number of halogens is 1. The highest BCUT2D eigenvalue weighted by atomic mass is 32.2. The minimum atomic E-state index is -0.576. The number of ether oxygens (including phenoxy) is 2. The Bertz CT molecular complexity index is 1530. The fourth-order valence-corrected chi connectivity index (χ4v) is 5.83. The molecule has 2 aromatic rings. The summed E-state index contributed by atoms with van der Waals surface area (Å²) in [5, 5.41) is 15.3. The van der Waals surface area contributed by atoms with Crippen LogP contribution in [0.1, 0.15) is 58.2 Å². The van der Waals surface area contributed by atoms with Crippen molar-refractivity contribution in [3.63, 3.8) is 0 Å². The Hall–Kier alpha value is -4.30. The topological polar surface area (TPSA) is 112 Å². The number of fused-ring (bicyclic) bond motifs is 1. The summed E-state index contributed by atoms with van der Waals surface area (Å²) in [5.41, 5.74) is 7.75. The Labute approximate surface area is 257 Å². The van der Waals surface area contributed by atoms with Crippen molar-refractivity contribution in [2.24, 2.45) is 21.7 Å². The van der Waals surface area contributed by atoms with E-state index < -0.39 is 5.82 Å². The molecule has 1 aromatic carbocycles. The van der Waals surface area contributed by atoms with Gasteiger partial charge < -0.3 is 20.1 Å². The number of anilines is 1. The van der Waals surface area contributed by atoms with Gasteiger partial charge in [0.15, 0.2) is 23.1 Å². The zero-order valence-corrected chi connectivity index (χ0v) is 26.1. The Balaban J connectivity index is 1.66. The molecule has 3 heterocycles. The van der Waals surface area contributed by atoms with E-state index in [1.54, 1.807) is 60.6 Å². The van der Waals surface area contributed by atoms with Gasteiger partial charge in [0.05, 0.1) is 10.6 Å². The van der Waals surface area contributed by atoms with Gasteiger partial charge in [-0.15, -0.1) is 17.0 Å². The maximum absolute atomic E-state index is 15.6. The molecular weight excluding hydrogens is 565 g/mol. The van der Waals surface area contributed by atoms with Gasteiger partial charge in [-0.05, 0) is 51.3 Å². The molecule has 0 saturated heterocycles. The molecule has 0 aliphatic carbocycles. The second-order valence-corrected chi connectivity index (χ2v) is 11.4. The lowest BCUT2D eigenvalue weighted by atomic mass is 10.1. The summed E-state index contributed by atoms with van der Waals surface area (Å²) in [7, 11) is 0. The van der Waals surface area contributed by atoms with Crippen molar-refractivity contribution in [1.82, 2.24) is 9.99 Å². The summed E-state index contributed by atoms with van der Waals surface area (Å²) in [6.07, 6.45) is 13.9. The Morgan fingerprint density at radius 3 is 2.84 bits per heavy atom. The first kappa shape index (κ1) is 31.6. The number of pyridine rings is 1. The van der Waals surface area contributed by atoms with Gasteiger partial charge in [-0.1, -0.05) is 32.8 Å². The predicted octanol–water partition coefficient (Wildman–Crippen LogP) is 7.17. The van der Waals surface area contributed by atoms with Crippen LogP contribution in [0.4, 0.5) is 15.9 Å². The van der Waals surface area contributed by atoms with Gasteiger partial charge in [-0.25, -0.2) is 19.4 Å². The lowest BCUT2D eigenvalue weighted by Gasteiger charge is -2.26. The van der Waals surface area contributed by atoms with Crippen molar-refractivity contribution in [3.8, 4) is 17.8 Å². The third-order valence-electron chi connectivity index (χ3n) is 6.97. The van der Waals surface area contributed by atoms with Gasteiger partial charge in [-0.2, -0.15) is 5.10 Å². The zero-order chi connectivity index (χ0) is 30.9. The van der Waals surface area contributed by atoms with E-state index in [0.717, 1.165) is 54.5 Å². The van der Waals surface area contributed by atoms with Crippen LogP contribution in [0.5, 0.6) is 11.5 Å². The van der Waals surface area contributed by atoms with Crippen molar-refractivity contribution in [3.05, 3.63) is 71.2 Å². The van der Waals surface area contributed by atoms with E-state index in [-0.39, 0.29) is 28.5 Å². The second-order valence-electron chi connectivity index (χ2n) is 10.3. The van der Waals surface area contributed by atoms with Crippen molar-refractivity contribution in [1.29, 1.82) is 5.26 Å².